The third kappa shape index (κ3) is 4.47. The van der Waals surface area contributed by atoms with E-state index in [9.17, 15) is 23.1 Å². The molecule has 0 radical (unpaired) electrons. The molecule has 1 aromatic rings. The molecule has 1 amide bonds. The van der Waals surface area contributed by atoms with Gasteiger partial charge < -0.3 is 10.4 Å². The Morgan fingerprint density at radius 2 is 2.00 bits per heavy atom. The van der Waals surface area contributed by atoms with Crippen LogP contribution in [0.15, 0.2) is 24.3 Å². The highest BCUT2D eigenvalue weighted by Gasteiger charge is 2.35. The van der Waals surface area contributed by atoms with Crippen LogP contribution in [-0.2, 0) is 11.0 Å². The largest absolute Gasteiger partial charge is 0.416 e. The normalized spacial score (nSPS) is 18.7. The molecule has 0 bridgehead atoms. The van der Waals surface area contributed by atoms with E-state index in [2.05, 4.69) is 5.32 Å². The number of nitrogens with one attached hydrogen (secondary N) is 1. The summed E-state index contributed by atoms with van der Waals surface area (Å²) in [5.41, 5.74) is -0.769. The van der Waals surface area contributed by atoms with Crippen molar-refractivity contribution in [3.8, 4) is 0 Å². The Balaban J connectivity index is 2.01. The van der Waals surface area contributed by atoms with Crippen molar-refractivity contribution in [2.45, 2.75) is 56.7 Å². The lowest BCUT2D eigenvalue weighted by Crippen LogP contribution is -2.49. The first-order chi connectivity index (χ1) is 10.8. The summed E-state index contributed by atoms with van der Waals surface area (Å²) in [4.78, 5) is 12.2. The van der Waals surface area contributed by atoms with Crippen LogP contribution < -0.4 is 5.32 Å². The Morgan fingerprint density at radius 3 is 2.57 bits per heavy atom. The molecule has 2 rings (SSSR count). The first kappa shape index (κ1) is 17.8. The Hall–Kier alpha value is -1.56. The fraction of sp³-hybridized carbons (Fsp3) is 0.588. The number of aliphatic hydroxyl groups excluding tert-OH is 1. The van der Waals surface area contributed by atoms with Gasteiger partial charge in [0.1, 0.15) is 0 Å². The summed E-state index contributed by atoms with van der Waals surface area (Å²) in [7, 11) is 0. The van der Waals surface area contributed by atoms with Gasteiger partial charge in [-0.15, -0.1) is 0 Å². The van der Waals surface area contributed by atoms with Gasteiger partial charge in [0.2, 0.25) is 5.91 Å². The number of carbonyl (C=O) groups excluding carboxylic acids is 1. The van der Waals surface area contributed by atoms with E-state index >= 15 is 0 Å². The van der Waals surface area contributed by atoms with Crippen LogP contribution in [0.3, 0.4) is 0 Å². The van der Waals surface area contributed by atoms with E-state index in [1.165, 1.54) is 6.07 Å². The zero-order valence-corrected chi connectivity index (χ0v) is 13.1. The smallest absolute Gasteiger partial charge is 0.394 e. The van der Waals surface area contributed by atoms with Crippen molar-refractivity contribution in [3.05, 3.63) is 35.4 Å². The third-order valence-corrected chi connectivity index (χ3v) is 4.54. The fourth-order valence-electron chi connectivity index (χ4n) is 3.14. The van der Waals surface area contributed by atoms with Crippen LogP contribution in [0.25, 0.3) is 0 Å². The van der Waals surface area contributed by atoms with Crippen LogP contribution in [0.4, 0.5) is 13.2 Å². The van der Waals surface area contributed by atoms with Crippen LogP contribution in [0.1, 0.15) is 56.1 Å². The minimum atomic E-state index is -4.39. The van der Waals surface area contributed by atoms with Gasteiger partial charge in [0.05, 0.1) is 17.7 Å². The predicted molar refractivity (Wildman–Crippen MR) is 80.9 cm³/mol. The molecular weight excluding hydrogens is 307 g/mol. The van der Waals surface area contributed by atoms with E-state index in [1.807, 2.05) is 0 Å². The zero-order chi connectivity index (χ0) is 17.1. The maximum Gasteiger partial charge on any atom is 0.416 e. The predicted octanol–water partition coefficient (Wildman–Crippen LogP) is 3.62. The van der Waals surface area contributed by atoms with Crippen molar-refractivity contribution in [2.24, 2.45) is 0 Å². The monoisotopic (exact) mass is 329 g/mol. The average Bonchev–Trinajstić information content (AvgIpc) is 2.95. The number of benzene rings is 1. The maximum absolute atomic E-state index is 12.8. The molecule has 0 spiro atoms. The van der Waals surface area contributed by atoms with E-state index < -0.39 is 17.3 Å². The Kier molecular flexibility index (Phi) is 5.34. The molecule has 1 saturated carbocycles. The summed E-state index contributed by atoms with van der Waals surface area (Å²) in [6.07, 6.45) is -0.875. The Labute approximate surface area is 133 Å². The van der Waals surface area contributed by atoms with Crippen LogP contribution in [0.5, 0.6) is 0 Å². The lowest BCUT2D eigenvalue weighted by Gasteiger charge is -2.28. The molecule has 1 atom stereocenters. The van der Waals surface area contributed by atoms with Gasteiger partial charge in [0.25, 0.3) is 0 Å². The van der Waals surface area contributed by atoms with Gasteiger partial charge in [-0.1, -0.05) is 38.0 Å². The molecule has 128 valence electrons. The molecule has 1 aliphatic rings. The minimum absolute atomic E-state index is 0.100. The van der Waals surface area contributed by atoms with Crippen molar-refractivity contribution in [1.82, 2.24) is 5.32 Å². The molecule has 1 aromatic carbocycles. The van der Waals surface area contributed by atoms with Gasteiger partial charge in [-0.2, -0.15) is 13.2 Å². The molecule has 1 fully saturated rings. The second kappa shape index (κ2) is 6.91. The van der Waals surface area contributed by atoms with Gasteiger partial charge in [0.15, 0.2) is 0 Å². The van der Waals surface area contributed by atoms with E-state index in [-0.39, 0.29) is 24.9 Å². The maximum atomic E-state index is 12.8. The molecule has 0 aliphatic heterocycles. The summed E-state index contributed by atoms with van der Waals surface area (Å²) in [5, 5.41) is 12.4. The van der Waals surface area contributed by atoms with E-state index in [0.717, 1.165) is 37.8 Å². The molecule has 6 heteroatoms. The molecule has 1 aliphatic carbocycles. The highest BCUT2D eigenvalue weighted by atomic mass is 19.4. The molecule has 0 saturated heterocycles. The molecule has 1 unspecified atom stereocenters. The summed E-state index contributed by atoms with van der Waals surface area (Å²) >= 11 is 0. The van der Waals surface area contributed by atoms with Crippen molar-refractivity contribution < 1.29 is 23.1 Å². The summed E-state index contributed by atoms with van der Waals surface area (Å²) in [5.74, 6) is -0.555. The summed E-state index contributed by atoms with van der Waals surface area (Å²) in [6.45, 7) is 1.63. The van der Waals surface area contributed by atoms with Crippen molar-refractivity contribution in [2.75, 3.05) is 6.61 Å². The van der Waals surface area contributed by atoms with E-state index in [4.69, 9.17) is 0 Å². The first-order valence-electron chi connectivity index (χ1n) is 7.85. The van der Waals surface area contributed by atoms with E-state index in [0.29, 0.717) is 5.56 Å². The Morgan fingerprint density at radius 1 is 1.35 bits per heavy atom. The fourth-order valence-corrected chi connectivity index (χ4v) is 3.14. The van der Waals surface area contributed by atoms with E-state index in [1.54, 1.807) is 13.0 Å². The van der Waals surface area contributed by atoms with Crippen LogP contribution in [0.2, 0.25) is 0 Å². The number of aliphatic hydroxyl groups is 1. The standard InChI is InChI=1S/C17H22F3NO2/c1-12(13-5-4-6-14(10-13)17(18,19)20)9-15(23)21-16(11-22)7-2-3-8-16/h4-6,10,12,22H,2-3,7-9,11H2,1H3,(H,21,23). The average molecular weight is 329 g/mol. The number of halogens is 3. The second-order valence-corrected chi connectivity index (χ2v) is 6.42. The lowest BCUT2D eigenvalue weighted by atomic mass is 9.94. The van der Waals surface area contributed by atoms with Gasteiger partial charge in [0, 0.05) is 6.42 Å². The van der Waals surface area contributed by atoms with Crippen molar-refractivity contribution in [1.29, 1.82) is 0 Å². The van der Waals surface area contributed by atoms with Crippen LogP contribution in [0, 0.1) is 0 Å². The second-order valence-electron chi connectivity index (χ2n) is 6.42. The van der Waals surface area contributed by atoms with Gasteiger partial charge in [-0.3, -0.25) is 4.79 Å². The molecule has 3 nitrogen and oxygen atoms in total. The Bertz CT molecular complexity index is 551. The number of hydrogen-bond acceptors (Lipinski definition) is 2. The molecule has 0 heterocycles. The van der Waals surface area contributed by atoms with Crippen molar-refractivity contribution >= 4 is 5.91 Å². The topological polar surface area (TPSA) is 49.3 Å². The number of carbonyl (C=O) groups is 1. The van der Waals surface area contributed by atoms with Crippen LogP contribution in [-0.4, -0.2) is 23.2 Å². The SMILES string of the molecule is CC(CC(=O)NC1(CO)CCCC1)c1cccc(C(F)(F)F)c1. The molecule has 23 heavy (non-hydrogen) atoms. The third-order valence-electron chi connectivity index (χ3n) is 4.54. The first-order valence-corrected chi connectivity index (χ1v) is 7.85. The summed E-state index contributed by atoms with van der Waals surface area (Å²) in [6, 6.07) is 5.08. The number of alkyl halides is 3. The number of hydrogen-bond donors (Lipinski definition) is 2. The van der Waals surface area contributed by atoms with Crippen molar-refractivity contribution in [3.63, 3.8) is 0 Å². The van der Waals surface area contributed by atoms with Crippen LogP contribution >= 0.6 is 0 Å². The quantitative estimate of drug-likeness (QED) is 0.867. The minimum Gasteiger partial charge on any atom is -0.394 e. The highest BCUT2D eigenvalue weighted by Crippen LogP contribution is 2.32. The number of rotatable bonds is 5. The van der Waals surface area contributed by atoms with Gasteiger partial charge in [-0.25, -0.2) is 0 Å². The highest BCUT2D eigenvalue weighted by molar-refractivity contribution is 5.77. The molecular formula is C17H22F3NO2. The van der Waals surface area contributed by atoms with Gasteiger partial charge >= 0.3 is 6.18 Å². The lowest BCUT2D eigenvalue weighted by molar-refractivity contribution is -0.137. The number of amides is 1. The zero-order valence-electron chi connectivity index (χ0n) is 13.1. The summed E-state index contributed by atoms with van der Waals surface area (Å²) < 4.78 is 38.3. The molecule has 0 aromatic heterocycles. The van der Waals surface area contributed by atoms with Gasteiger partial charge in [-0.05, 0) is 30.4 Å². The molecule has 2 N–H and O–H groups in total.